The second kappa shape index (κ2) is 6.53. The van der Waals surface area contributed by atoms with Crippen LogP contribution in [0.4, 0.5) is 0 Å². The number of aromatic nitrogens is 1. The predicted octanol–water partition coefficient (Wildman–Crippen LogP) is 2.10. The molecule has 1 heterocycles. The summed E-state index contributed by atoms with van der Waals surface area (Å²) in [5, 5.41) is 9.98. The first-order valence-electron chi connectivity index (χ1n) is 5.39. The molecule has 0 saturated heterocycles. The topological polar surface area (TPSA) is 42.4 Å². The standard InChI is InChI=1S/C12H19NO2/c1-3-10-9-13-7-6-11(10)12(14)5-4-8-15-2/h6-7,9,12,14H,3-5,8H2,1-2H3. The first kappa shape index (κ1) is 12.1. The van der Waals surface area contributed by atoms with Crippen LogP contribution >= 0.6 is 0 Å². The SMILES string of the molecule is CCc1cnccc1C(O)CCCOC. The average Bonchev–Trinajstić information content (AvgIpc) is 2.29. The van der Waals surface area contributed by atoms with Crippen molar-refractivity contribution in [3.8, 4) is 0 Å². The summed E-state index contributed by atoms with van der Waals surface area (Å²) in [6.45, 7) is 2.77. The van der Waals surface area contributed by atoms with E-state index in [0.717, 1.165) is 30.4 Å². The molecule has 1 aromatic rings. The van der Waals surface area contributed by atoms with Gasteiger partial charge in [-0.25, -0.2) is 0 Å². The van der Waals surface area contributed by atoms with Crippen molar-refractivity contribution in [2.75, 3.05) is 13.7 Å². The Morgan fingerprint density at radius 2 is 2.33 bits per heavy atom. The van der Waals surface area contributed by atoms with Crippen LogP contribution in [-0.4, -0.2) is 23.8 Å². The van der Waals surface area contributed by atoms with E-state index in [2.05, 4.69) is 11.9 Å². The number of pyridine rings is 1. The second-order valence-corrected chi connectivity index (χ2v) is 3.58. The Morgan fingerprint density at radius 1 is 1.53 bits per heavy atom. The van der Waals surface area contributed by atoms with Crippen LogP contribution in [0, 0.1) is 0 Å². The lowest BCUT2D eigenvalue weighted by atomic mass is 10.00. The van der Waals surface area contributed by atoms with Gasteiger partial charge in [-0.05, 0) is 36.5 Å². The van der Waals surface area contributed by atoms with Gasteiger partial charge in [0.15, 0.2) is 0 Å². The zero-order chi connectivity index (χ0) is 11.1. The minimum Gasteiger partial charge on any atom is -0.388 e. The summed E-state index contributed by atoms with van der Waals surface area (Å²) in [7, 11) is 1.68. The lowest BCUT2D eigenvalue weighted by molar-refractivity contribution is 0.135. The van der Waals surface area contributed by atoms with E-state index in [1.165, 1.54) is 0 Å². The molecule has 3 heteroatoms. The molecule has 1 unspecified atom stereocenters. The lowest BCUT2D eigenvalue weighted by Gasteiger charge is -2.13. The molecule has 0 aromatic carbocycles. The molecule has 0 amide bonds. The van der Waals surface area contributed by atoms with Crippen molar-refractivity contribution in [2.45, 2.75) is 32.3 Å². The normalized spacial score (nSPS) is 12.7. The number of ether oxygens (including phenoxy) is 1. The lowest BCUT2D eigenvalue weighted by Crippen LogP contribution is -2.03. The fourth-order valence-corrected chi connectivity index (χ4v) is 1.63. The van der Waals surface area contributed by atoms with E-state index >= 15 is 0 Å². The summed E-state index contributed by atoms with van der Waals surface area (Å²) < 4.78 is 4.96. The maximum atomic E-state index is 9.98. The number of hydrogen-bond acceptors (Lipinski definition) is 3. The average molecular weight is 209 g/mol. The van der Waals surface area contributed by atoms with Gasteiger partial charge in [0.25, 0.3) is 0 Å². The van der Waals surface area contributed by atoms with E-state index < -0.39 is 6.10 Å². The van der Waals surface area contributed by atoms with Gasteiger partial charge in [0.05, 0.1) is 6.10 Å². The third-order valence-corrected chi connectivity index (χ3v) is 2.51. The van der Waals surface area contributed by atoms with Crippen molar-refractivity contribution in [3.63, 3.8) is 0 Å². The fraction of sp³-hybridized carbons (Fsp3) is 0.583. The van der Waals surface area contributed by atoms with Gasteiger partial charge in [-0.1, -0.05) is 6.92 Å². The van der Waals surface area contributed by atoms with Crippen molar-refractivity contribution in [1.29, 1.82) is 0 Å². The van der Waals surface area contributed by atoms with Crippen LogP contribution in [0.3, 0.4) is 0 Å². The molecule has 1 N–H and O–H groups in total. The number of rotatable bonds is 6. The number of aliphatic hydroxyl groups excluding tert-OH is 1. The highest BCUT2D eigenvalue weighted by Gasteiger charge is 2.10. The summed E-state index contributed by atoms with van der Waals surface area (Å²) in [6.07, 6.45) is 5.69. The van der Waals surface area contributed by atoms with Crippen LogP contribution in [0.15, 0.2) is 18.5 Å². The zero-order valence-electron chi connectivity index (χ0n) is 9.44. The largest absolute Gasteiger partial charge is 0.388 e. The maximum absolute atomic E-state index is 9.98. The molecule has 0 radical (unpaired) electrons. The van der Waals surface area contributed by atoms with Gasteiger partial charge in [-0.2, -0.15) is 0 Å². The van der Waals surface area contributed by atoms with Gasteiger partial charge >= 0.3 is 0 Å². The van der Waals surface area contributed by atoms with Gasteiger partial charge in [0.1, 0.15) is 0 Å². The Balaban J connectivity index is 2.59. The molecule has 0 saturated carbocycles. The molecule has 0 aliphatic heterocycles. The van der Waals surface area contributed by atoms with Gasteiger partial charge in [0.2, 0.25) is 0 Å². The van der Waals surface area contributed by atoms with Gasteiger partial charge < -0.3 is 9.84 Å². The second-order valence-electron chi connectivity index (χ2n) is 3.58. The summed E-state index contributed by atoms with van der Waals surface area (Å²) in [6, 6.07) is 1.90. The first-order valence-corrected chi connectivity index (χ1v) is 5.39. The maximum Gasteiger partial charge on any atom is 0.0794 e. The van der Waals surface area contributed by atoms with E-state index in [9.17, 15) is 5.11 Å². The first-order chi connectivity index (χ1) is 7.29. The molecule has 0 fully saturated rings. The fourth-order valence-electron chi connectivity index (χ4n) is 1.63. The third-order valence-electron chi connectivity index (χ3n) is 2.51. The van der Waals surface area contributed by atoms with Crippen molar-refractivity contribution < 1.29 is 9.84 Å². The summed E-state index contributed by atoms with van der Waals surface area (Å²) >= 11 is 0. The third kappa shape index (κ3) is 3.61. The van der Waals surface area contributed by atoms with Crippen LogP contribution in [0.2, 0.25) is 0 Å². The molecule has 0 aliphatic rings. The Morgan fingerprint density at radius 3 is 3.00 bits per heavy atom. The molecule has 3 nitrogen and oxygen atoms in total. The monoisotopic (exact) mass is 209 g/mol. The molecular formula is C12H19NO2. The Labute approximate surface area is 91.1 Å². The number of nitrogens with zero attached hydrogens (tertiary/aromatic N) is 1. The van der Waals surface area contributed by atoms with Crippen LogP contribution in [0.5, 0.6) is 0 Å². The van der Waals surface area contributed by atoms with E-state index in [1.807, 2.05) is 12.3 Å². The Bertz CT molecular complexity index is 289. The molecule has 1 rings (SSSR count). The Hall–Kier alpha value is -0.930. The number of hydrogen-bond donors (Lipinski definition) is 1. The number of methoxy groups -OCH3 is 1. The van der Waals surface area contributed by atoms with E-state index in [4.69, 9.17) is 4.74 Å². The van der Waals surface area contributed by atoms with E-state index in [-0.39, 0.29) is 0 Å². The molecular weight excluding hydrogens is 190 g/mol. The highest BCUT2D eigenvalue weighted by atomic mass is 16.5. The molecule has 84 valence electrons. The molecule has 0 aliphatic carbocycles. The van der Waals surface area contributed by atoms with Crippen LogP contribution in [0.1, 0.15) is 37.0 Å². The molecule has 0 bridgehead atoms. The number of aryl methyl sites for hydroxylation is 1. The van der Waals surface area contributed by atoms with Gasteiger partial charge in [-0.3, -0.25) is 4.98 Å². The van der Waals surface area contributed by atoms with Crippen molar-refractivity contribution >= 4 is 0 Å². The summed E-state index contributed by atoms with van der Waals surface area (Å²) in [5.41, 5.74) is 2.13. The summed E-state index contributed by atoms with van der Waals surface area (Å²) in [4.78, 5) is 4.06. The zero-order valence-corrected chi connectivity index (χ0v) is 9.44. The van der Waals surface area contributed by atoms with Crippen molar-refractivity contribution in [2.24, 2.45) is 0 Å². The smallest absolute Gasteiger partial charge is 0.0794 e. The Kier molecular flexibility index (Phi) is 5.29. The molecule has 1 atom stereocenters. The van der Waals surface area contributed by atoms with Crippen LogP contribution < -0.4 is 0 Å². The van der Waals surface area contributed by atoms with Gasteiger partial charge in [0, 0.05) is 26.1 Å². The minimum atomic E-state index is -0.391. The van der Waals surface area contributed by atoms with E-state index in [0.29, 0.717) is 6.61 Å². The van der Waals surface area contributed by atoms with Crippen LogP contribution in [0.25, 0.3) is 0 Å². The highest BCUT2D eigenvalue weighted by Crippen LogP contribution is 2.21. The predicted molar refractivity (Wildman–Crippen MR) is 59.7 cm³/mol. The highest BCUT2D eigenvalue weighted by molar-refractivity contribution is 5.25. The minimum absolute atomic E-state index is 0.391. The van der Waals surface area contributed by atoms with Crippen molar-refractivity contribution in [3.05, 3.63) is 29.6 Å². The molecule has 1 aromatic heterocycles. The van der Waals surface area contributed by atoms with Crippen LogP contribution in [-0.2, 0) is 11.2 Å². The summed E-state index contributed by atoms with van der Waals surface area (Å²) in [5.74, 6) is 0. The number of aliphatic hydroxyl groups is 1. The van der Waals surface area contributed by atoms with Gasteiger partial charge in [-0.15, -0.1) is 0 Å². The molecule has 15 heavy (non-hydrogen) atoms. The quantitative estimate of drug-likeness (QED) is 0.730. The molecule has 0 spiro atoms. The van der Waals surface area contributed by atoms with Crippen molar-refractivity contribution in [1.82, 2.24) is 4.98 Å². The van der Waals surface area contributed by atoms with E-state index in [1.54, 1.807) is 13.3 Å².